The van der Waals surface area contributed by atoms with Gasteiger partial charge in [0, 0.05) is 31.1 Å². The van der Waals surface area contributed by atoms with Crippen molar-refractivity contribution in [3.63, 3.8) is 0 Å². The molecule has 36 heavy (non-hydrogen) atoms. The number of hydrogen-bond donors (Lipinski definition) is 2. The Morgan fingerprint density at radius 2 is 1.94 bits per heavy atom. The second kappa shape index (κ2) is 11.5. The second-order valence-corrected chi connectivity index (χ2v) is 10.5. The maximum absolute atomic E-state index is 12.6. The molecule has 1 aliphatic carbocycles. The number of piperidine rings is 1. The summed E-state index contributed by atoms with van der Waals surface area (Å²) in [6.45, 7) is 5.27. The first kappa shape index (κ1) is 24.8. The number of nitrogens with zero attached hydrogens (tertiary/aromatic N) is 4. The van der Waals surface area contributed by atoms with Crippen LogP contribution in [0, 0.1) is 5.92 Å². The van der Waals surface area contributed by atoms with Crippen molar-refractivity contribution in [1.82, 2.24) is 24.8 Å². The van der Waals surface area contributed by atoms with E-state index in [9.17, 15) is 4.79 Å². The Labute approximate surface area is 213 Å². The molecule has 1 unspecified atom stereocenters. The van der Waals surface area contributed by atoms with Gasteiger partial charge in [0.05, 0.1) is 30.0 Å². The van der Waals surface area contributed by atoms with Gasteiger partial charge in [-0.1, -0.05) is 44.4 Å². The van der Waals surface area contributed by atoms with Crippen LogP contribution in [0.15, 0.2) is 30.6 Å². The summed E-state index contributed by atoms with van der Waals surface area (Å²) in [7, 11) is 0. The lowest BCUT2D eigenvalue weighted by Gasteiger charge is -2.34. The first-order valence-electron chi connectivity index (χ1n) is 13.8. The molecule has 0 radical (unpaired) electrons. The third-order valence-corrected chi connectivity index (χ3v) is 8.12. The SMILES string of the molecule is CCC(COCCC1CCN(C(=O)NC2CCCCC2)CC1)n1cnc2c(N)nc3ccccc3c21. The largest absolute Gasteiger partial charge is 0.382 e. The predicted octanol–water partition coefficient (Wildman–Crippen LogP) is 5.28. The minimum absolute atomic E-state index is 0.137. The number of para-hydroxylation sites is 1. The van der Waals surface area contributed by atoms with Crippen LogP contribution in [0.1, 0.15) is 70.8 Å². The molecule has 2 fully saturated rings. The lowest BCUT2D eigenvalue weighted by Crippen LogP contribution is -2.48. The molecule has 2 aromatic heterocycles. The third kappa shape index (κ3) is 5.43. The molecule has 1 aliphatic heterocycles. The first-order valence-corrected chi connectivity index (χ1v) is 13.8. The average Bonchev–Trinajstić information content (AvgIpc) is 3.36. The molecule has 2 aliphatic rings. The van der Waals surface area contributed by atoms with Crippen LogP contribution in [0.5, 0.6) is 0 Å². The van der Waals surface area contributed by atoms with E-state index in [1.54, 1.807) is 0 Å². The number of likely N-dealkylation sites (tertiary alicyclic amines) is 1. The van der Waals surface area contributed by atoms with E-state index in [0.717, 1.165) is 80.2 Å². The van der Waals surface area contributed by atoms with Crippen molar-refractivity contribution in [2.24, 2.45) is 5.92 Å². The maximum atomic E-state index is 12.6. The van der Waals surface area contributed by atoms with Gasteiger partial charge in [0.2, 0.25) is 0 Å². The number of nitrogen functional groups attached to an aromatic ring is 1. The highest BCUT2D eigenvalue weighted by molar-refractivity contribution is 6.06. The van der Waals surface area contributed by atoms with Gasteiger partial charge in [-0.2, -0.15) is 0 Å². The molecule has 1 atom stereocenters. The molecule has 194 valence electrons. The number of anilines is 1. The van der Waals surface area contributed by atoms with Crippen LogP contribution >= 0.6 is 0 Å². The van der Waals surface area contributed by atoms with E-state index in [1.165, 1.54) is 19.3 Å². The van der Waals surface area contributed by atoms with Crippen LogP contribution < -0.4 is 11.1 Å². The van der Waals surface area contributed by atoms with E-state index in [2.05, 4.69) is 32.8 Å². The predicted molar refractivity (Wildman–Crippen MR) is 144 cm³/mol. The molecule has 0 bridgehead atoms. The number of aromatic nitrogens is 3. The highest BCUT2D eigenvalue weighted by atomic mass is 16.5. The number of benzene rings is 1. The summed E-state index contributed by atoms with van der Waals surface area (Å²) >= 11 is 0. The molecular weight excluding hydrogens is 452 g/mol. The minimum atomic E-state index is 0.137. The average molecular weight is 493 g/mol. The standard InChI is InChI=1S/C28H40N6O2/c1-2-22(34-19-30-25-26(34)23-10-6-7-11-24(23)32-27(25)29)18-36-17-14-20-12-15-33(16-13-20)28(35)31-21-8-4-3-5-9-21/h6-7,10-11,19-22H,2-5,8-9,12-18H2,1H3,(H2,29,32)(H,31,35). The first-order chi connectivity index (χ1) is 17.6. The van der Waals surface area contributed by atoms with E-state index in [4.69, 9.17) is 10.5 Å². The summed E-state index contributed by atoms with van der Waals surface area (Å²) in [6.07, 6.45) is 12.0. The van der Waals surface area contributed by atoms with E-state index < -0.39 is 0 Å². The second-order valence-electron chi connectivity index (χ2n) is 10.5. The van der Waals surface area contributed by atoms with Gasteiger partial charge in [0.1, 0.15) is 5.52 Å². The number of fused-ring (bicyclic) bond motifs is 3. The fourth-order valence-corrected chi connectivity index (χ4v) is 5.85. The van der Waals surface area contributed by atoms with Gasteiger partial charge in [-0.25, -0.2) is 14.8 Å². The topological polar surface area (TPSA) is 98.3 Å². The lowest BCUT2D eigenvalue weighted by molar-refractivity contribution is 0.0817. The molecule has 0 spiro atoms. The summed E-state index contributed by atoms with van der Waals surface area (Å²) in [5.41, 5.74) is 8.89. The van der Waals surface area contributed by atoms with Gasteiger partial charge < -0.3 is 25.3 Å². The van der Waals surface area contributed by atoms with Crippen LogP contribution in [0.2, 0.25) is 0 Å². The number of hydrogen-bond acceptors (Lipinski definition) is 5. The van der Waals surface area contributed by atoms with Crippen molar-refractivity contribution in [3.05, 3.63) is 30.6 Å². The van der Waals surface area contributed by atoms with Gasteiger partial charge in [-0.15, -0.1) is 0 Å². The molecular formula is C28H40N6O2. The summed E-state index contributed by atoms with van der Waals surface area (Å²) in [4.78, 5) is 23.7. The van der Waals surface area contributed by atoms with Gasteiger partial charge in [-0.3, -0.25) is 0 Å². The van der Waals surface area contributed by atoms with Crippen molar-refractivity contribution < 1.29 is 9.53 Å². The van der Waals surface area contributed by atoms with Crippen molar-refractivity contribution >= 4 is 33.8 Å². The zero-order valence-electron chi connectivity index (χ0n) is 21.5. The van der Waals surface area contributed by atoms with Gasteiger partial charge >= 0.3 is 6.03 Å². The molecule has 3 aromatic rings. The Kier molecular flexibility index (Phi) is 7.90. The minimum Gasteiger partial charge on any atom is -0.382 e. The highest BCUT2D eigenvalue weighted by Gasteiger charge is 2.25. The van der Waals surface area contributed by atoms with E-state index in [0.29, 0.717) is 24.4 Å². The summed E-state index contributed by atoms with van der Waals surface area (Å²) in [6, 6.07) is 8.78. The number of rotatable bonds is 8. The number of amides is 2. The Morgan fingerprint density at radius 1 is 1.17 bits per heavy atom. The molecule has 5 rings (SSSR count). The number of carbonyl (C=O) groups excluding carboxylic acids is 1. The fraction of sp³-hybridized carbons (Fsp3) is 0.607. The third-order valence-electron chi connectivity index (χ3n) is 8.12. The summed E-state index contributed by atoms with van der Waals surface area (Å²) < 4.78 is 8.40. The number of imidazole rings is 1. The fourth-order valence-electron chi connectivity index (χ4n) is 5.85. The number of nitrogens with one attached hydrogen (secondary N) is 1. The van der Waals surface area contributed by atoms with E-state index >= 15 is 0 Å². The lowest BCUT2D eigenvalue weighted by atomic mass is 9.94. The van der Waals surface area contributed by atoms with Gasteiger partial charge in [0.25, 0.3) is 0 Å². The van der Waals surface area contributed by atoms with Crippen LogP contribution in [0.4, 0.5) is 10.6 Å². The normalized spacial score (nSPS) is 18.6. The molecule has 1 saturated heterocycles. The van der Waals surface area contributed by atoms with E-state index in [-0.39, 0.29) is 12.1 Å². The highest BCUT2D eigenvalue weighted by Crippen LogP contribution is 2.30. The number of carbonyl (C=O) groups is 1. The molecule has 3 heterocycles. The summed E-state index contributed by atoms with van der Waals surface area (Å²) in [5, 5.41) is 4.32. The van der Waals surface area contributed by atoms with E-state index in [1.807, 2.05) is 29.4 Å². The number of pyridine rings is 1. The maximum Gasteiger partial charge on any atom is 0.317 e. The molecule has 8 heteroatoms. The Bertz CT molecular complexity index is 1160. The van der Waals surface area contributed by atoms with Gasteiger partial charge in [0.15, 0.2) is 5.82 Å². The molecule has 1 saturated carbocycles. The van der Waals surface area contributed by atoms with Crippen molar-refractivity contribution in [1.29, 1.82) is 0 Å². The Balaban J connectivity index is 1.10. The van der Waals surface area contributed by atoms with Crippen molar-refractivity contribution in [3.8, 4) is 0 Å². The quantitative estimate of drug-likeness (QED) is 0.417. The van der Waals surface area contributed by atoms with Crippen LogP contribution in [-0.4, -0.2) is 57.8 Å². The molecule has 1 aromatic carbocycles. The van der Waals surface area contributed by atoms with Crippen LogP contribution in [0.25, 0.3) is 21.9 Å². The van der Waals surface area contributed by atoms with Crippen LogP contribution in [-0.2, 0) is 4.74 Å². The zero-order valence-corrected chi connectivity index (χ0v) is 21.5. The van der Waals surface area contributed by atoms with Crippen molar-refractivity contribution in [2.75, 3.05) is 32.0 Å². The number of ether oxygens (including phenoxy) is 1. The number of urea groups is 1. The molecule has 2 amide bonds. The Hall–Kier alpha value is -2.87. The van der Waals surface area contributed by atoms with Gasteiger partial charge in [-0.05, 0) is 50.5 Å². The number of nitrogens with two attached hydrogens (primary N) is 1. The van der Waals surface area contributed by atoms with Crippen molar-refractivity contribution in [2.45, 2.75) is 76.8 Å². The molecule has 3 N–H and O–H groups in total. The van der Waals surface area contributed by atoms with Crippen LogP contribution in [0.3, 0.4) is 0 Å². The smallest absolute Gasteiger partial charge is 0.317 e. The monoisotopic (exact) mass is 492 g/mol. The molecule has 8 nitrogen and oxygen atoms in total. The summed E-state index contributed by atoms with van der Waals surface area (Å²) in [5.74, 6) is 1.09. The zero-order chi connectivity index (χ0) is 24.9. The Morgan fingerprint density at radius 3 is 2.72 bits per heavy atom.